The topological polar surface area (TPSA) is 58.0 Å². The molecular weight excluding hydrogens is 380 g/mol. The maximum Gasteiger partial charge on any atom is 0.149 e. The Bertz CT molecular complexity index is 1070. The number of hydrogen-bond acceptors (Lipinski definition) is 4. The number of methoxy groups -OCH3 is 1. The lowest BCUT2D eigenvalue weighted by atomic mass is 10.0. The normalized spacial score (nSPS) is 15.8. The molecule has 1 aromatic heterocycles. The summed E-state index contributed by atoms with van der Waals surface area (Å²) in [6.45, 7) is 0. The van der Waals surface area contributed by atoms with E-state index in [0.29, 0.717) is 11.4 Å². The number of nitrogens with one attached hydrogen (secondary N) is 2. The van der Waals surface area contributed by atoms with Gasteiger partial charge in [0, 0.05) is 33.5 Å². The number of nitrogens with zero attached hydrogens (tertiary/aromatic N) is 1. The second-order valence-corrected chi connectivity index (χ2v) is 8.17. The Morgan fingerprint density at radius 2 is 1.96 bits per heavy atom. The molecule has 7 heteroatoms. The van der Waals surface area contributed by atoms with Gasteiger partial charge in [0.2, 0.25) is 0 Å². The van der Waals surface area contributed by atoms with Crippen LogP contribution in [0.3, 0.4) is 0 Å². The smallest absolute Gasteiger partial charge is 0.149 e. The van der Waals surface area contributed by atoms with E-state index in [1.807, 2.05) is 18.2 Å². The highest BCUT2D eigenvalue weighted by molar-refractivity contribution is 7.86. The Labute approximate surface area is 164 Å². The molecule has 144 valence electrons. The molecule has 0 radical (unpaired) electrons. The number of halogens is 2. The molecule has 2 N–H and O–H groups in total. The lowest BCUT2D eigenvalue weighted by molar-refractivity contribution is 0.412. The summed E-state index contributed by atoms with van der Waals surface area (Å²) in [6, 6.07) is 11.5. The fourth-order valence-electron chi connectivity index (χ4n) is 3.33. The van der Waals surface area contributed by atoms with E-state index in [9.17, 15) is 8.78 Å². The maximum atomic E-state index is 14.4. The summed E-state index contributed by atoms with van der Waals surface area (Å²) in [5.41, 5.74) is 2.75. The molecule has 1 aliphatic rings. The first kappa shape index (κ1) is 18.6. The van der Waals surface area contributed by atoms with Crippen molar-refractivity contribution in [3.05, 3.63) is 65.9 Å². The monoisotopic (exact) mass is 399 g/mol. The van der Waals surface area contributed by atoms with Crippen LogP contribution in [0.4, 0.5) is 20.3 Å². The zero-order valence-corrected chi connectivity index (χ0v) is 16.1. The van der Waals surface area contributed by atoms with E-state index >= 15 is 0 Å². The molecule has 0 saturated carbocycles. The second kappa shape index (κ2) is 7.67. The van der Waals surface area contributed by atoms with Gasteiger partial charge in [-0.25, -0.2) is 13.8 Å². The van der Waals surface area contributed by atoms with Crippen molar-refractivity contribution in [1.29, 1.82) is 4.78 Å². The minimum absolute atomic E-state index is 0.253. The van der Waals surface area contributed by atoms with E-state index < -0.39 is 22.3 Å². The zero-order valence-electron chi connectivity index (χ0n) is 15.3. The van der Waals surface area contributed by atoms with Gasteiger partial charge in [0.15, 0.2) is 0 Å². The number of hydrogen-bond donors (Lipinski definition) is 2. The minimum atomic E-state index is -0.520. The van der Waals surface area contributed by atoms with Gasteiger partial charge in [-0.15, -0.1) is 0 Å². The van der Waals surface area contributed by atoms with Crippen molar-refractivity contribution in [3.63, 3.8) is 0 Å². The van der Waals surface area contributed by atoms with E-state index in [1.165, 1.54) is 30.9 Å². The van der Waals surface area contributed by atoms with E-state index in [2.05, 4.69) is 10.3 Å². The molecular formula is C21H19F2N3OS. The van der Waals surface area contributed by atoms with E-state index in [1.54, 1.807) is 6.07 Å². The van der Waals surface area contributed by atoms with Gasteiger partial charge >= 0.3 is 0 Å². The molecule has 28 heavy (non-hydrogen) atoms. The number of rotatable bonds is 4. The SMILES string of the molecule is COc1cc(F)ccc1-c1cc(Nc2ccc3c(c2)S(=N)CCC3)ncc1F. The Morgan fingerprint density at radius 3 is 2.79 bits per heavy atom. The molecule has 0 aliphatic carbocycles. The summed E-state index contributed by atoms with van der Waals surface area (Å²) in [7, 11) is 0.918. The van der Waals surface area contributed by atoms with E-state index in [4.69, 9.17) is 9.52 Å². The molecule has 2 aromatic carbocycles. The van der Waals surface area contributed by atoms with E-state index in [0.717, 1.165) is 35.4 Å². The molecule has 2 heterocycles. The van der Waals surface area contributed by atoms with Gasteiger partial charge in [-0.05, 0) is 48.7 Å². The zero-order chi connectivity index (χ0) is 19.7. The average Bonchev–Trinajstić information content (AvgIpc) is 2.70. The van der Waals surface area contributed by atoms with Gasteiger partial charge in [-0.3, -0.25) is 4.78 Å². The highest BCUT2D eigenvalue weighted by Gasteiger charge is 2.16. The van der Waals surface area contributed by atoms with Gasteiger partial charge in [0.25, 0.3) is 0 Å². The van der Waals surface area contributed by atoms with Gasteiger partial charge in [-0.2, -0.15) is 0 Å². The van der Waals surface area contributed by atoms with Crippen LogP contribution in [0.25, 0.3) is 11.1 Å². The van der Waals surface area contributed by atoms with Crippen LogP contribution >= 0.6 is 0 Å². The minimum Gasteiger partial charge on any atom is -0.496 e. The van der Waals surface area contributed by atoms with Crippen LogP contribution in [0.5, 0.6) is 5.75 Å². The van der Waals surface area contributed by atoms with Crippen molar-refractivity contribution in [2.75, 3.05) is 18.2 Å². The molecule has 0 saturated heterocycles. The Kier molecular flexibility index (Phi) is 5.09. The first-order valence-corrected chi connectivity index (χ1v) is 10.3. The summed E-state index contributed by atoms with van der Waals surface area (Å²) < 4.78 is 41.4. The molecule has 3 aromatic rings. The second-order valence-electron chi connectivity index (χ2n) is 6.54. The maximum absolute atomic E-state index is 14.4. The van der Waals surface area contributed by atoms with E-state index in [-0.39, 0.29) is 11.3 Å². The molecule has 1 aliphatic heterocycles. The highest BCUT2D eigenvalue weighted by atomic mass is 32.2. The molecule has 0 fully saturated rings. The molecule has 4 nitrogen and oxygen atoms in total. The van der Waals surface area contributed by atoms with Crippen LogP contribution < -0.4 is 10.1 Å². The van der Waals surface area contributed by atoms with Crippen molar-refractivity contribution in [1.82, 2.24) is 4.98 Å². The predicted molar refractivity (Wildman–Crippen MR) is 107 cm³/mol. The Balaban J connectivity index is 1.69. The fraction of sp³-hybridized carbons (Fsp3) is 0.190. The van der Waals surface area contributed by atoms with Crippen LogP contribution in [-0.2, 0) is 17.1 Å². The Hall–Kier alpha value is -2.80. The lowest BCUT2D eigenvalue weighted by Gasteiger charge is -2.19. The lowest BCUT2D eigenvalue weighted by Crippen LogP contribution is -2.09. The van der Waals surface area contributed by atoms with Gasteiger partial charge in [0.1, 0.15) is 23.2 Å². The molecule has 0 amide bonds. The largest absolute Gasteiger partial charge is 0.496 e. The van der Waals surface area contributed by atoms with Crippen molar-refractivity contribution in [2.45, 2.75) is 17.7 Å². The van der Waals surface area contributed by atoms with Crippen molar-refractivity contribution < 1.29 is 13.5 Å². The molecule has 0 bridgehead atoms. The van der Waals surface area contributed by atoms with Crippen molar-refractivity contribution in [2.24, 2.45) is 0 Å². The Morgan fingerprint density at radius 1 is 1.11 bits per heavy atom. The molecule has 1 atom stereocenters. The number of pyridine rings is 1. The number of fused-ring (bicyclic) bond motifs is 1. The number of benzene rings is 2. The van der Waals surface area contributed by atoms with Gasteiger partial charge < -0.3 is 10.1 Å². The van der Waals surface area contributed by atoms with Crippen molar-refractivity contribution in [3.8, 4) is 16.9 Å². The number of aromatic nitrogens is 1. The standard InChI is InChI=1S/C21H19F2N3OS/c1-27-19-9-14(22)5-7-16(19)17-11-21(25-12-18(17)23)26-15-6-4-13-3-2-8-28(24)20(13)10-15/h4-7,9-12,24H,2-3,8H2,1H3,(H,25,26). The van der Waals surface area contributed by atoms with Crippen LogP contribution in [0, 0.1) is 16.4 Å². The van der Waals surface area contributed by atoms with Gasteiger partial charge in [-0.1, -0.05) is 16.8 Å². The fourth-order valence-corrected chi connectivity index (χ4v) is 4.74. The summed E-state index contributed by atoms with van der Waals surface area (Å²) in [5, 5.41) is 3.19. The first-order chi connectivity index (χ1) is 13.5. The number of anilines is 2. The van der Waals surface area contributed by atoms with Gasteiger partial charge in [0.05, 0.1) is 13.3 Å². The summed E-state index contributed by atoms with van der Waals surface area (Å²) >= 11 is 0. The summed E-state index contributed by atoms with van der Waals surface area (Å²) in [5.74, 6) is 0.632. The first-order valence-electron chi connectivity index (χ1n) is 8.86. The molecule has 4 rings (SSSR count). The van der Waals surface area contributed by atoms with Crippen LogP contribution in [0.1, 0.15) is 12.0 Å². The number of ether oxygens (including phenoxy) is 1. The summed E-state index contributed by atoms with van der Waals surface area (Å²) in [6.07, 6.45) is 3.18. The third kappa shape index (κ3) is 3.62. The van der Waals surface area contributed by atoms with Crippen LogP contribution in [-0.4, -0.2) is 17.8 Å². The third-order valence-corrected chi connectivity index (χ3v) is 6.32. The van der Waals surface area contributed by atoms with Crippen LogP contribution in [0.15, 0.2) is 53.6 Å². The predicted octanol–water partition coefficient (Wildman–Crippen LogP) is 5.46. The van der Waals surface area contributed by atoms with Crippen molar-refractivity contribution >= 4 is 22.2 Å². The number of aryl methyl sites for hydroxylation is 1. The quantitative estimate of drug-likeness (QED) is 0.612. The average molecular weight is 399 g/mol. The summed E-state index contributed by atoms with van der Waals surface area (Å²) in [4.78, 5) is 5.17. The molecule has 1 unspecified atom stereocenters. The third-order valence-electron chi connectivity index (χ3n) is 4.71. The molecule has 0 spiro atoms. The van der Waals surface area contributed by atoms with Crippen LogP contribution in [0.2, 0.25) is 0 Å². The highest BCUT2D eigenvalue weighted by Crippen LogP contribution is 2.34.